The molecule has 1 heterocycles. The summed E-state index contributed by atoms with van der Waals surface area (Å²) in [5.41, 5.74) is 0.991. The maximum atomic E-state index is 13.8. The standard InChI is InChI=1S/C16H17FN2O2/c1-11(2)21-15-7-6-12(9-13(15)17)10-19-16(20)14-5-3-4-8-18-14/h3-9,11H,10H2,1-2H3,(H,19,20). The number of carbonyl (C=O) groups is 1. The van der Waals surface area contributed by atoms with Crippen LogP contribution in [0.5, 0.6) is 5.75 Å². The van der Waals surface area contributed by atoms with Crippen molar-refractivity contribution in [1.82, 2.24) is 10.3 Å². The van der Waals surface area contributed by atoms with Crippen molar-refractivity contribution in [3.05, 3.63) is 59.7 Å². The Bertz CT molecular complexity index is 615. The van der Waals surface area contributed by atoms with Gasteiger partial charge in [0, 0.05) is 12.7 Å². The lowest BCUT2D eigenvalue weighted by atomic mass is 10.2. The van der Waals surface area contributed by atoms with Crippen LogP contribution in [0.1, 0.15) is 29.9 Å². The Balaban J connectivity index is 1.98. The molecule has 0 aliphatic heterocycles. The van der Waals surface area contributed by atoms with Gasteiger partial charge in [0.15, 0.2) is 11.6 Å². The van der Waals surface area contributed by atoms with Gasteiger partial charge in [-0.1, -0.05) is 12.1 Å². The zero-order valence-electron chi connectivity index (χ0n) is 12.0. The van der Waals surface area contributed by atoms with Crippen molar-refractivity contribution in [3.8, 4) is 5.75 Å². The number of pyridine rings is 1. The lowest BCUT2D eigenvalue weighted by Gasteiger charge is -2.11. The Labute approximate surface area is 123 Å². The SMILES string of the molecule is CC(C)Oc1ccc(CNC(=O)c2ccccn2)cc1F. The first-order valence-electron chi connectivity index (χ1n) is 6.70. The minimum absolute atomic E-state index is 0.0887. The summed E-state index contributed by atoms with van der Waals surface area (Å²) in [4.78, 5) is 15.8. The molecule has 1 N–H and O–H groups in total. The molecule has 5 heteroatoms. The van der Waals surface area contributed by atoms with Gasteiger partial charge in [-0.05, 0) is 43.7 Å². The third-order valence-electron chi connectivity index (χ3n) is 2.71. The van der Waals surface area contributed by atoms with E-state index in [-0.39, 0.29) is 24.3 Å². The van der Waals surface area contributed by atoms with Crippen LogP contribution in [0.2, 0.25) is 0 Å². The van der Waals surface area contributed by atoms with E-state index in [9.17, 15) is 9.18 Å². The van der Waals surface area contributed by atoms with Crippen molar-refractivity contribution in [2.75, 3.05) is 0 Å². The van der Waals surface area contributed by atoms with Crippen LogP contribution in [0.25, 0.3) is 0 Å². The number of rotatable bonds is 5. The zero-order valence-corrected chi connectivity index (χ0v) is 12.0. The molecular weight excluding hydrogens is 271 g/mol. The van der Waals surface area contributed by atoms with Crippen molar-refractivity contribution in [2.24, 2.45) is 0 Å². The third kappa shape index (κ3) is 4.27. The maximum absolute atomic E-state index is 13.8. The Hall–Kier alpha value is -2.43. The molecule has 0 unspecified atom stereocenters. The normalized spacial score (nSPS) is 10.5. The average molecular weight is 288 g/mol. The Kier molecular flexibility index (Phi) is 4.87. The van der Waals surface area contributed by atoms with Gasteiger partial charge in [-0.25, -0.2) is 4.39 Å². The summed E-state index contributed by atoms with van der Waals surface area (Å²) >= 11 is 0. The summed E-state index contributed by atoms with van der Waals surface area (Å²) in [5.74, 6) is -0.517. The summed E-state index contributed by atoms with van der Waals surface area (Å²) in [7, 11) is 0. The van der Waals surface area contributed by atoms with Crippen LogP contribution in [0.4, 0.5) is 4.39 Å². The third-order valence-corrected chi connectivity index (χ3v) is 2.71. The van der Waals surface area contributed by atoms with Crippen LogP contribution < -0.4 is 10.1 Å². The molecule has 0 atom stereocenters. The zero-order chi connectivity index (χ0) is 15.2. The van der Waals surface area contributed by atoms with Gasteiger partial charge in [0.25, 0.3) is 5.91 Å². The quantitative estimate of drug-likeness (QED) is 0.920. The highest BCUT2D eigenvalue weighted by atomic mass is 19.1. The number of benzene rings is 1. The molecule has 0 spiro atoms. The van der Waals surface area contributed by atoms with Crippen molar-refractivity contribution in [3.63, 3.8) is 0 Å². The highest BCUT2D eigenvalue weighted by Gasteiger charge is 2.09. The van der Waals surface area contributed by atoms with Crippen LogP contribution in [-0.2, 0) is 6.54 Å². The summed E-state index contributed by atoms with van der Waals surface area (Å²) in [6, 6.07) is 9.74. The fraction of sp³-hybridized carbons (Fsp3) is 0.250. The number of ether oxygens (including phenoxy) is 1. The van der Waals surface area contributed by atoms with E-state index in [0.29, 0.717) is 11.3 Å². The Morgan fingerprint density at radius 2 is 2.14 bits per heavy atom. The minimum atomic E-state index is -0.437. The number of hydrogen-bond acceptors (Lipinski definition) is 3. The predicted octanol–water partition coefficient (Wildman–Crippen LogP) is 2.94. The van der Waals surface area contributed by atoms with Gasteiger partial charge in [0.1, 0.15) is 5.69 Å². The largest absolute Gasteiger partial charge is 0.488 e. The van der Waals surface area contributed by atoms with Gasteiger partial charge < -0.3 is 10.1 Å². The molecular formula is C16H17FN2O2. The van der Waals surface area contributed by atoms with Crippen LogP contribution in [0, 0.1) is 5.82 Å². The van der Waals surface area contributed by atoms with Gasteiger partial charge in [-0.3, -0.25) is 9.78 Å². The first-order chi connectivity index (χ1) is 10.1. The van der Waals surface area contributed by atoms with E-state index in [0.717, 1.165) is 0 Å². The maximum Gasteiger partial charge on any atom is 0.270 e. The number of nitrogens with one attached hydrogen (secondary N) is 1. The highest BCUT2D eigenvalue weighted by Crippen LogP contribution is 2.19. The van der Waals surface area contributed by atoms with Gasteiger partial charge in [0.2, 0.25) is 0 Å². The first kappa shape index (κ1) is 15.0. The molecule has 0 bridgehead atoms. The smallest absolute Gasteiger partial charge is 0.270 e. The molecule has 0 fully saturated rings. The van der Waals surface area contributed by atoms with Crippen molar-refractivity contribution in [1.29, 1.82) is 0 Å². The Morgan fingerprint density at radius 3 is 2.76 bits per heavy atom. The molecule has 1 amide bonds. The monoisotopic (exact) mass is 288 g/mol. The molecule has 0 aliphatic carbocycles. The lowest BCUT2D eigenvalue weighted by Crippen LogP contribution is -2.23. The number of carbonyl (C=O) groups excluding carboxylic acids is 1. The molecule has 0 radical (unpaired) electrons. The van der Waals surface area contributed by atoms with E-state index < -0.39 is 5.82 Å². The van der Waals surface area contributed by atoms with E-state index in [1.165, 1.54) is 6.07 Å². The van der Waals surface area contributed by atoms with E-state index in [2.05, 4.69) is 10.3 Å². The van der Waals surface area contributed by atoms with Gasteiger partial charge in [-0.2, -0.15) is 0 Å². The number of nitrogens with zero attached hydrogens (tertiary/aromatic N) is 1. The summed E-state index contributed by atoms with van der Waals surface area (Å²) < 4.78 is 19.1. The molecule has 21 heavy (non-hydrogen) atoms. The predicted molar refractivity (Wildman–Crippen MR) is 77.6 cm³/mol. The van der Waals surface area contributed by atoms with Crippen molar-refractivity contribution < 1.29 is 13.9 Å². The second-order valence-corrected chi connectivity index (χ2v) is 4.83. The topological polar surface area (TPSA) is 51.2 Å². The van der Waals surface area contributed by atoms with Gasteiger partial charge in [0.05, 0.1) is 6.10 Å². The number of halogens is 1. The second kappa shape index (κ2) is 6.83. The lowest BCUT2D eigenvalue weighted by molar-refractivity contribution is 0.0946. The molecule has 0 saturated heterocycles. The molecule has 1 aromatic carbocycles. The second-order valence-electron chi connectivity index (χ2n) is 4.83. The minimum Gasteiger partial charge on any atom is -0.488 e. The molecule has 2 rings (SSSR count). The molecule has 0 saturated carbocycles. The van der Waals surface area contributed by atoms with Crippen LogP contribution in [0.3, 0.4) is 0 Å². The first-order valence-corrected chi connectivity index (χ1v) is 6.70. The van der Waals surface area contributed by atoms with Gasteiger partial charge >= 0.3 is 0 Å². The summed E-state index contributed by atoms with van der Waals surface area (Å²) in [6.07, 6.45) is 1.46. The van der Waals surface area contributed by atoms with E-state index in [1.807, 2.05) is 13.8 Å². The van der Waals surface area contributed by atoms with E-state index in [1.54, 1.807) is 36.5 Å². The number of hydrogen-bond donors (Lipinski definition) is 1. The number of aromatic nitrogens is 1. The summed E-state index contributed by atoms with van der Waals surface area (Å²) in [6.45, 7) is 3.90. The Morgan fingerprint density at radius 1 is 1.33 bits per heavy atom. The van der Waals surface area contributed by atoms with Crippen LogP contribution >= 0.6 is 0 Å². The fourth-order valence-corrected chi connectivity index (χ4v) is 1.77. The molecule has 2 aromatic rings. The molecule has 0 aliphatic rings. The van der Waals surface area contributed by atoms with Crippen LogP contribution in [-0.4, -0.2) is 17.0 Å². The fourth-order valence-electron chi connectivity index (χ4n) is 1.77. The summed E-state index contributed by atoms with van der Waals surface area (Å²) in [5, 5.41) is 2.69. The molecule has 1 aromatic heterocycles. The highest BCUT2D eigenvalue weighted by molar-refractivity contribution is 5.92. The van der Waals surface area contributed by atoms with E-state index >= 15 is 0 Å². The van der Waals surface area contributed by atoms with Gasteiger partial charge in [-0.15, -0.1) is 0 Å². The number of amides is 1. The van der Waals surface area contributed by atoms with Crippen molar-refractivity contribution in [2.45, 2.75) is 26.5 Å². The van der Waals surface area contributed by atoms with Crippen LogP contribution in [0.15, 0.2) is 42.6 Å². The molecule has 4 nitrogen and oxygen atoms in total. The average Bonchev–Trinajstić information content (AvgIpc) is 2.48. The van der Waals surface area contributed by atoms with E-state index in [4.69, 9.17) is 4.74 Å². The molecule has 110 valence electrons. The van der Waals surface area contributed by atoms with Crippen molar-refractivity contribution >= 4 is 5.91 Å².